The lowest BCUT2D eigenvalue weighted by Gasteiger charge is -2.60. The highest BCUT2D eigenvalue weighted by Crippen LogP contribution is 2.65. The molecule has 3 aliphatic heterocycles. The molecule has 0 unspecified atom stereocenters. The second-order valence-corrected chi connectivity index (χ2v) is 20.8. The summed E-state index contributed by atoms with van der Waals surface area (Å²) in [5, 5.41) is 10.9. The number of benzene rings is 1. The lowest BCUT2D eigenvalue weighted by Crippen LogP contribution is -2.76. The van der Waals surface area contributed by atoms with Crippen LogP contribution in [-0.4, -0.2) is 69.4 Å². The Balaban J connectivity index is 1.67. The van der Waals surface area contributed by atoms with Crippen molar-refractivity contribution in [3.8, 4) is 6.07 Å². The van der Waals surface area contributed by atoms with Crippen molar-refractivity contribution in [1.82, 2.24) is 9.21 Å². The number of sulfonamides is 1. The predicted molar refractivity (Wildman–Crippen MR) is 160 cm³/mol. The normalized spacial score (nSPS) is 33.3. The van der Waals surface area contributed by atoms with Crippen LogP contribution in [0.25, 0.3) is 0 Å². The largest absolute Gasteiger partial charge is 0.441 e. The van der Waals surface area contributed by atoms with Crippen molar-refractivity contribution in [3.05, 3.63) is 42.5 Å². The Labute approximate surface area is 246 Å². The minimum absolute atomic E-state index is 0.0392. The van der Waals surface area contributed by atoms with E-state index in [1.54, 1.807) is 33.5 Å². The highest BCUT2D eigenvalue weighted by molar-refractivity contribution is 7.89. The number of allylic oxidation sites excluding steroid dienone is 1. The summed E-state index contributed by atoms with van der Waals surface area (Å²) in [6.07, 6.45) is 3.94. The van der Waals surface area contributed by atoms with Crippen molar-refractivity contribution >= 4 is 24.4 Å². The van der Waals surface area contributed by atoms with Crippen LogP contribution in [0.4, 0.5) is 4.79 Å². The summed E-state index contributed by atoms with van der Waals surface area (Å²) in [5.74, 6) is 0.152. The summed E-state index contributed by atoms with van der Waals surface area (Å²) >= 11 is 0. The molecule has 6 atom stereocenters. The number of carbonyl (C=O) groups is 1. The third kappa shape index (κ3) is 4.50. The van der Waals surface area contributed by atoms with Crippen LogP contribution >= 0.6 is 0 Å². The van der Waals surface area contributed by atoms with Gasteiger partial charge < -0.3 is 9.16 Å². The number of rotatable bonds is 9. The van der Waals surface area contributed by atoms with Gasteiger partial charge in [0.2, 0.25) is 10.0 Å². The highest BCUT2D eigenvalue weighted by Gasteiger charge is 2.78. The van der Waals surface area contributed by atoms with Gasteiger partial charge in [0.1, 0.15) is 5.54 Å². The van der Waals surface area contributed by atoms with E-state index in [1.165, 1.54) is 0 Å². The molecule has 3 heterocycles. The van der Waals surface area contributed by atoms with Gasteiger partial charge in [-0.25, -0.2) is 13.2 Å². The van der Waals surface area contributed by atoms with E-state index >= 15 is 0 Å². The monoisotopic (exact) mass is 599 g/mol. The van der Waals surface area contributed by atoms with Crippen LogP contribution in [0.1, 0.15) is 58.4 Å². The van der Waals surface area contributed by atoms with Gasteiger partial charge in [-0.05, 0) is 81.1 Å². The zero-order valence-corrected chi connectivity index (χ0v) is 27.2. The zero-order chi connectivity index (χ0) is 30.0. The first-order chi connectivity index (χ1) is 19.2. The summed E-state index contributed by atoms with van der Waals surface area (Å²) in [4.78, 5) is 15.6. The Kier molecular flexibility index (Phi) is 7.54. The van der Waals surface area contributed by atoms with Crippen molar-refractivity contribution in [2.45, 2.75) is 101 Å². The Bertz CT molecular complexity index is 1350. The molecule has 224 valence electrons. The molecule has 8 nitrogen and oxygen atoms in total. The number of hydrogen-bond donors (Lipinski definition) is 0. The first-order valence-corrected chi connectivity index (χ1v) is 19.2. The molecule has 1 amide bonds. The van der Waals surface area contributed by atoms with Crippen molar-refractivity contribution in [2.24, 2.45) is 17.3 Å². The van der Waals surface area contributed by atoms with E-state index in [2.05, 4.69) is 46.5 Å². The fraction of sp³-hybridized carbons (Fsp3) is 0.677. The molecule has 4 bridgehead atoms. The fourth-order valence-corrected chi connectivity index (χ4v) is 10.6. The molecule has 0 aromatic heterocycles. The molecule has 3 saturated heterocycles. The van der Waals surface area contributed by atoms with E-state index in [0.717, 1.165) is 18.4 Å². The van der Waals surface area contributed by atoms with E-state index in [0.29, 0.717) is 32.4 Å². The standard InChI is InChI=1S/C31H45N3O5SSi/c1-8-9-10-16-30(21-32)18-23-19-33-28(35)39-26(20-38-41(6,7)29(3,4)5)31(33)25(23)15-17-34(27(30)31)40(36,37)24-13-11-22(2)12-14-24/h8,11-14,23,25-27H,1,9-10,15-20H2,2-7H3/t23-,25+,26+,27-,30-,31+/m0/s1. The number of ether oxygens (including phenoxy) is 1. The molecule has 1 aliphatic carbocycles. The quantitative estimate of drug-likeness (QED) is 0.200. The molecule has 1 spiro atoms. The second-order valence-electron chi connectivity index (χ2n) is 14.1. The lowest BCUT2D eigenvalue weighted by molar-refractivity contribution is -0.103. The maximum Gasteiger partial charge on any atom is 0.410 e. The average Bonchev–Trinajstić information content (AvgIpc) is 3.30. The summed E-state index contributed by atoms with van der Waals surface area (Å²) in [6, 6.07) is 8.82. The number of carbonyl (C=O) groups excluding carboxylic acids is 1. The van der Waals surface area contributed by atoms with Gasteiger partial charge in [-0.15, -0.1) is 6.58 Å². The summed E-state index contributed by atoms with van der Waals surface area (Å²) < 4.78 is 43.3. The van der Waals surface area contributed by atoms with Crippen LogP contribution < -0.4 is 0 Å². The number of hydrogen-bond acceptors (Lipinski definition) is 6. The Hall–Kier alpha value is -2.19. The van der Waals surface area contributed by atoms with E-state index in [1.807, 2.05) is 13.0 Å². The highest BCUT2D eigenvalue weighted by atomic mass is 32.2. The number of cyclic esters (lactones) is 1. The third-order valence-electron chi connectivity index (χ3n) is 10.8. The topological polar surface area (TPSA) is 99.9 Å². The number of nitrogens with zero attached hydrogens (tertiary/aromatic N) is 3. The minimum atomic E-state index is -3.98. The summed E-state index contributed by atoms with van der Waals surface area (Å²) in [7, 11) is -6.20. The maximum atomic E-state index is 14.5. The lowest BCUT2D eigenvalue weighted by atomic mass is 9.52. The van der Waals surface area contributed by atoms with Gasteiger partial charge in [-0.2, -0.15) is 9.57 Å². The third-order valence-corrected chi connectivity index (χ3v) is 17.2. The molecule has 0 N–H and O–H groups in total. The number of aryl methyl sites for hydroxylation is 1. The number of unbranched alkanes of at least 4 members (excludes halogenated alkanes) is 1. The van der Waals surface area contributed by atoms with Crippen molar-refractivity contribution in [1.29, 1.82) is 5.26 Å². The molecule has 4 fully saturated rings. The van der Waals surface area contributed by atoms with Crippen LogP contribution in [0.15, 0.2) is 41.8 Å². The zero-order valence-electron chi connectivity index (χ0n) is 25.4. The van der Waals surface area contributed by atoms with Crippen LogP contribution in [0, 0.1) is 35.5 Å². The van der Waals surface area contributed by atoms with Crippen molar-refractivity contribution < 1.29 is 22.4 Å². The minimum Gasteiger partial charge on any atom is -0.441 e. The van der Waals surface area contributed by atoms with Gasteiger partial charge in [-0.3, -0.25) is 4.90 Å². The number of piperidine rings is 1. The fourth-order valence-electron chi connectivity index (χ4n) is 7.88. The molecule has 10 heteroatoms. The maximum absolute atomic E-state index is 14.5. The Morgan fingerprint density at radius 3 is 2.56 bits per heavy atom. The van der Waals surface area contributed by atoms with Crippen LogP contribution in [0.3, 0.4) is 0 Å². The predicted octanol–water partition coefficient (Wildman–Crippen LogP) is 5.86. The van der Waals surface area contributed by atoms with Gasteiger partial charge in [0.25, 0.3) is 0 Å². The van der Waals surface area contributed by atoms with Crippen LogP contribution in [-0.2, 0) is 19.2 Å². The molecule has 1 saturated carbocycles. The Morgan fingerprint density at radius 1 is 1.27 bits per heavy atom. The van der Waals surface area contributed by atoms with E-state index in [4.69, 9.17) is 9.16 Å². The SMILES string of the molecule is C=CCCC[C@@]1(C#N)C[C@H]2CN3C(=O)O[C@H](CO[Si](C)(C)C(C)(C)C)[C@@]34[C@@H]2CCN(S(=O)(=O)c2ccc(C)cc2)[C@@H]14. The Morgan fingerprint density at radius 2 is 1.95 bits per heavy atom. The van der Waals surface area contributed by atoms with E-state index in [-0.39, 0.29) is 28.4 Å². The summed E-state index contributed by atoms with van der Waals surface area (Å²) in [5.41, 5.74) is -0.958. The summed E-state index contributed by atoms with van der Waals surface area (Å²) in [6.45, 7) is 17.6. The molecule has 0 radical (unpaired) electrons. The molecule has 4 aliphatic rings. The van der Waals surface area contributed by atoms with E-state index < -0.39 is 47.5 Å². The van der Waals surface area contributed by atoms with Crippen molar-refractivity contribution in [2.75, 3.05) is 19.7 Å². The smallest absolute Gasteiger partial charge is 0.410 e. The molecule has 1 aromatic rings. The van der Waals surface area contributed by atoms with Gasteiger partial charge in [0.05, 0.1) is 29.0 Å². The van der Waals surface area contributed by atoms with Crippen LogP contribution in [0.5, 0.6) is 0 Å². The number of nitriles is 1. The first kappa shape index (κ1) is 30.3. The second kappa shape index (κ2) is 10.2. The van der Waals surface area contributed by atoms with Gasteiger partial charge in [0, 0.05) is 13.1 Å². The van der Waals surface area contributed by atoms with Gasteiger partial charge >= 0.3 is 6.09 Å². The molecule has 5 rings (SSSR count). The first-order valence-electron chi connectivity index (χ1n) is 14.9. The molecule has 41 heavy (non-hydrogen) atoms. The molecule has 1 aromatic carbocycles. The van der Waals surface area contributed by atoms with Gasteiger partial charge in [-0.1, -0.05) is 44.5 Å². The molecular formula is C31H45N3O5SSi. The average molecular weight is 600 g/mol. The van der Waals surface area contributed by atoms with Crippen molar-refractivity contribution in [3.63, 3.8) is 0 Å². The van der Waals surface area contributed by atoms with Crippen LogP contribution in [0.2, 0.25) is 18.1 Å². The molecular weight excluding hydrogens is 555 g/mol. The van der Waals surface area contributed by atoms with E-state index in [9.17, 15) is 18.5 Å². The van der Waals surface area contributed by atoms with Gasteiger partial charge in [0.15, 0.2) is 14.4 Å². The number of amides is 1.